The highest BCUT2D eigenvalue weighted by atomic mass is 16.5. The molecule has 0 amide bonds. The number of carboxylic acids is 1. The molecule has 0 radical (unpaired) electrons. The fourth-order valence-corrected chi connectivity index (χ4v) is 2.09. The van der Waals surface area contributed by atoms with E-state index < -0.39 is 11.9 Å². The predicted octanol–water partition coefficient (Wildman–Crippen LogP) is 2.89. The van der Waals surface area contributed by atoms with E-state index >= 15 is 0 Å². The molecule has 1 heterocycles. The summed E-state index contributed by atoms with van der Waals surface area (Å²) in [6, 6.07) is 13.0. The number of ether oxygens (including phenoxy) is 1. The number of aromatic nitrogens is 1. The zero-order valence-corrected chi connectivity index (χ0v) is 11.3. The first-order valence-electron chi connectivity index (χ1n) is 6.56. The van der Waals surface area contributed by atoms with Crippen molar-refractivity contribution in [2.24, 2.45) is 0 Å². The Labute approximate surface area is 118 Å². The van der Waals surface area contributed by atoms with Crippen molar-refractivity contribution < 1.29 is 14.6 Å². The topological polar surface area (TPSA) is 59.4 Å². The van der Waals surface area contributed by atoms with Crippen LogP contribution in [0.4, 0.5) is 0 Å². The van der Waals surface area contributed by atoms with Crippen LogP contribution in [0.5, 0.6) is 5.75 Å². The molecule has 0 bridgehead atoms. The van der Waals surface area contributed by atoms with Gasteiger partial charge in [0.25, 0.3) is 0 Å². The van der Waals surface area contributed by atoms with Gasteiger partial charge in [0.15, 0.2) is 0 Å². The minimum absolute atomic E-state index is 0.396. The maximum Gasteiger partial charge on any atom is 0.313 e. The molecule has 0 fully saturated rings. The summed E-state index contributed by atoms with van der Waals surface area (Å²) in [5.41, 5.74) is 1.44. The van der Waals surface area contributed by atoms with E-state index in [9.17, 15) is 9.90 Å². The van der Waals surface area contributed by atoms with E-state index in [1.54, 1.807) is 18.3 Å². The average Bonchev–Trinajstić information content (AvgIpc) is 2.47. The van der Waals surface area contributed by atoms with Crippen molar-refractivity contribution in [2.45, 2.75) is 19.3 Å². The number of rotatable bonds is 6. The van der Waals surface area contributed by atoms with Gasteiger partial charge >= 0.3 is 5.97 Å². The van der Waals surface area contributed by atoms with Crippen LogP contribution in [-0.2, 0) is 11.2 Å². The van der Waals surface area contributed by atoms with Gasteiger partial charge in [-0.05, 0) is 31.0 Å². The molecule has 0 saturated heterocycles. The molecule has 1 aromatic heterocycles. The summed E-state index contributed by atoms with van der Waals surface area (Å²) in [6.45, 7) is 2.35. The smallest absolute Gasteiger partial charge is 0.313 e. The number of nitrogens with zero attached hydrogens (tertiary/aromatic N) is 1. The van der Waals surface area contributed by atoms with Crippen molar-refractivity contribution in [2.75, 3.05) is 6.61 Å². The number of carboxylic acid groups (broad SMARTS) is 1. The van der Waals surface area contributed by atoms with Gasteiger partial charge in [-0.2, -0.15) is 0 Å². The van der Waals surface area contributed by atoms with E-state index in [0.717, 1.165) is 5.56 Å². The quantitative estimate of drug-likeness (QED) is 0.877. The molecule has 4 heteroatoms. The number of hydrogen-bond acceptors (Lipinski definition) is 3. The standard InChI is InChI=1S/C16H17NO3/c1-2-20-14-9-6-10-17-15(14)13(16(18)19)11-12-7-4-3-5-8-12/h3-10,13H,2,11H2,1H3,(H,18,19). The summed E-state index contributed by atoms with van der Waals surface area (Å²) in [4.78, 5) is 15.8. The van der Waals surface area contributed by atoms with Crippen molar-refractivity contribution in [1.82, 2.24) is 4.98 Å². The van der Waals surface area contributed by atoms with E-state index in [0.29, 0.717) is 24.5 Å². The van der Waals surface area contributed by atoms with Crippen molar-refractivity contribution in [1.29, 1.82) is 0 Å². The number of carbonyl (C=O) groups is 1. The zero-order chi connectivity index (χ0) is 14.4. The van der Waals surface area contributed by atoms with Gasteiger partial charge in [0.05, 0.1) is 12.3 Å². The summed E-state index contributed by atoms with van der Waals surface area (Å²) in [6.07, 6.45) is 1.99. The number of hydrogen-bond donors (Lipinski definition) is 1. The first-order valence-corrected chi connectivity index (χ1v) is 6.56. The summed E-state index contributed by atoms with van der Waals surface area (Å²) in [5, 5.41) is 9.49. The Morgan fingerprint density at radius 3 is 2.65 bits per heavy atom. The molecular weight excluding hydrogens is 254 g/mol. The fourth-order valence-electron chi connectivity index (χ4n) is 2.09. The zero-order valence-electron chi connectivity index (χ0n) is 11.3. The van der Waals surface area contributed by atoms with E-state index in [1.165, 1.54) is 0 Å². The third-order valence-corrected chi connectivity index (χ3v) is 3.01. The molecule has 0 aliphatic rings. The second-order valence-corrected chi connectivity index (χ2v) is 4.40. The summed E-state index contributed by atoms with van der Waals surface area (Å²) >= 11 is 0. The summed E-state index contributed by atoms with van der Waals surface area (Å²) < 4.78 is 5.48. The minimum atomic E-state index is -0.895. The lowest BCUT2D eigenvalue weighted by Gasteiger charge is -2.15. The largest absolute Gasteiger partial charge is 0.492 e. The molecule has 1 N–H and O–H groups in total. The van der Waals surface area contributed by atoms with Crippen LogP contribution >= 0.6 is 0 Å². The van der Waals surface area contributed by atoms with Gasteiger partial charge in [0, 0.05) is 6.20 Å². The van der Waals surface area contributed by atoms with Crippen molar-refractivity contribution >= 4 is 5.97 Å². The van der Waals surface area contributed by atoms with Crippen LogP contribution in [-0.4, -0.2) is 22.7 Å². The van der Waals surface area contributed by atoms with Crippen LogP contribution in [0.25, 0.3) is 0 Å². The van der Waals surface area contributed by atoms with E-state index in [1.807, 2.05) is 37.3 Å². The van der Waals surface area contributed by atoms with Gasteiger partial charge in [0.1, 0.15) is 11.7 Å². The van der Waals surface area contributed by atoms with Gasteiger partial charge in [-0.1, -0.05) is 30.3 Å². The van der Waals surface area contributed by atoms with Crippen LogP contribution in [0.15, 0.2) is 48.7 Å². The monoisotopic (exact) mass is 271 g/mol. The van der Waals surface area contributed by atoms with Crippen molar-refractivity contribution in [3.05, 3.63) is 59.9 Å². The number of pyridine rings is 1. The Balaban J connectivity index is 2.32. The Morgan fingerprint density at radius 2 is 2.00 bits per heavy atom. The number of aliphatic carboxylic acids is 1. The van der Waals surface area contributed by atoms with E-state index in [4.69, 9.17) is 4.74 Å². The molecule has 1 unspecified atom stereocenters. The highest BCUT2D eigenvalue weighted by Crippen LogP contribution is 2.27. The molecule has 2 aromatic rings. The van der Waals surface area contributed by atoms with Gasteiger partial charge in [-0.3, -0.25) is 9.78 Å². The van der Waals surface area contributed by atoms with Crippen LogP contribution in [0.2, 0.25) is 0 Å². The lowest BCUT2D eigenvalue weighted by Crippen LogP contribution is -2.17. The van der Waals surface area contributed by atoms with Gasteiger partial charge in [-0.25, -0.2) is 0 Å². The normalized spacial score (nSPS) is 11.8. The van der Waals surface area contributed by atoms with Crippen molar-refractivity contribution in [3.63, 3.8) is 0 Å². The van der Waals surface area contributed by atoms with Crippen LogP contribution < -0.4 is 4.74 Å². The Kier molecular flexibility index (Phi) is 4.71. The molecule has 0 aliphatic carbocycles. The Morgan fingerprint density at radius 1 is 1.25 bits per heavy atom. The summed E-state index contributed by atoms with van der Waals surface area (Å²) in [7, 11) is 0. The van der Waals surface area contributed by atoms with E-state index in [-0.39, 0.29) is 0 Å². The first kappa shape index (κ1) is 14.1. The third kappa shape index (κ3) is 3.35. The Hall–Kier alpha value is -2.36. The fraction of sp³-hybridized carbons (Fsp3) is 0.250. The van der Waals surface area contributed by atoms with Gasteiger partial charge in [0.2, 0.25) is 0 Å². The molecule has 2 rings (SSSR count). The van der Waals surface area contributed by atoms with Crippen LogP contribution in [0.1, 0.15) is 24.1 Å². The minimum Gasteiger partial charge on any atom is -0.492 e. The van der Waals surface area contributed by atoms with Gasteiger partial charge < -0.3 is 9.84 Å². The maximum absolute atomic E-state index is 11.6. The lowest BCUT2D eigenvalue weighted by atomic mass is 9.95. The molecule has 104 valence electrons. The highest BCUT2D eigenvalue weighted by molar-refractivity contribution is 5.76. The molecule has 1 aromatic carbocycles. The van der Waals surface area contributed by atoms with E-state index in [2.05, 4.69) is 4.98 Å². The SMILES string of the molecule is CCOc1cccnc1C(Cc1ccccc1)C(=O)O. The van der Waals surface area contributed by atoms with Crippen LogP contribution in [0, 0.1) is 0 Å². The Bertz CT molecular complexity index is 569. The second kappa shape index (κ2) is 6.70. The molecule has 0 spiro atoms. The summed E-state index contributed by atoms with van der Waals surface area (Å²) in [5.74, 6) is -1.06. The third-order valence-electron chi connectivity index (χ3n) is 3.01. The average molecular weight is 271 g/mol. The molecule has 0 aliphatic heterocycles. The highest BCUT2D eigenvalue weighted by Gasteiger charge is 2.25. The predicted molar refractivity (Wildman–Crippen MR) is 75.9 cm³/mol. The molecule has 0 saturated carbocycles. The van der Waals surface area contributed by atoms with Crippen molar-refractivity contribution in [3.8, 4) is 5.75 Å². The van der Waals surface area contributed by atoms with Gasteiger partial charge in [-0.15, -0.1) is 0 Å². The molecule has 4 nitrogen and oxygen atoms in total. The maximum atomic E-state index is 11.6. The lowest BCUT2D eigenvalue weighted by molar-refractivity contribution is -0.138. The first-order chi connectivity index (χ1) is 9.72. The number of benzene rings is 1. The molecule has 1 atom stereocenters. The molecule has 20 heavy (non-hydrogen) atoms. The second-order valence-electron chi connectivity index (χ2n) is 4.40. The van der Waals surface area contributed by atoms with Crippen LogP contribution in [0.3, 0.4) is 0 Å². The molecular formula is C16H17NO3.